The van der Waals surface area contributed by atoms with Crippen molar-refractivity contribution in [3.05, 3.63) is 46.5 Å². The predicted molar refractivity (Wildman–Crippen MR) is 76.0 cm³/mol. The van der Waals surface area contributed by atoms with E-state index in [0.29, 0.717) is 0 Å². The van der Waals surface area contributed by atoms with Crippen LogP contribution in [0.2, 0.25) is 0 Å². The molecule has 0 unspecified atom stereocenters. The number of rotatable bonds is 0. The van der Waals surface area contributed by atoms with E-state index in [2.05, 4.69) is 27.7 Å². The third-order valence-corrected chi connectivity index (χ3v) is 3.97. The molecular formula is C16H16N2. The summed E-state index contributed by atoms with van der Waals surface area (Å²) in [7, 11) is 0. The summed E-state index contributed by atoms with van der Waals surface area (Å²) in [6.45, 7) is 8.59. The van der Waals surface area contributed by atoms with E-state index >= 15 is 0 Å². The van der Waals surface area contributed by atoms with Crippen LogP contribution in [0.25, 0.3) is 22.1 Å². The van der Waals surface area contributed by atoms with Crippen LogP contribution in [0, 0.1) is 27.7 Å². The minimum absolute atomic E-state index is 0.968. The Bertz CT molecular complexity index is 707. The second-order valence-corrected chi connectivity index (χ2v) is 4.91. The summed E-state index contributed by atoms with van der Waals surface area (Å²) >= 11 is 0. The highest BCUT2D eigenvalue weighted by Gasteiger charge is 2.12. The van der Waals surface area contributed by atoms with Crippen molar-refractivity contribution >= 4 is 22.1 Å². The fourth-order valence-corrected chi connectivity index (χ4v) is 2.44. The van der Waals surface area contributed by atoms with Crippen molar-refractivity contribution in [1.29, 1.82) is 0 Å². The standard InChI is InChI=1S/C16H16N2/c1-9-10(2)12(4)16-15(11(9)3)17-13-7-5-6-8-14(13)18-16/h5-8H,1-4H3. The Balaban J connectivity index is 2.58. The first-order valence-corrected chi connectivity index (χ1v) is 6.22. The lowest BCUT2D eigenvalue weighted by Gasteiger charge is -2.13. The summed E-state index contributed by atoms with van der Waals surface area (Å²) in [4.78, 5) is 9.56. The first kappa shape index (κ1) is 11.1. The molecule has 0 atom stereocenters. The third-order valence-electron chi connectivity index (χ3n) is 3.97. The maximum absolute atomic E-state index is 4.78. The molecule has 2 aromatic carbocycles. The fourth-order valence-electron chi connectivity index (χ4n) is 2.44. The van der Waals surface area contributed by atoms with E-state index in [1.165, 1.54) is 22.3 Å². The van der Waals surface area contributed by atoms with Gasteiger partial charge in [0.25, 0.3) is 0 Å². The van der Waals surface area contributed by atoms with Crippen LogP contribution in [0.3, 0.4) is 0 Å². The van der Waals surface area contributed by atoms with Gasteiger partial charge in [0.05, 0.1) is 22.1 Å². The number of nitrogens with zero attached hydrogens (tertiary/aromatic N) is 2. The molecule has 90 valence electrons. The largest absolute Gasteiger partial charge is 0.244 e. The molecule has 0 aliphatic carbocycles. The van der Waals surface area contributed by atoms with Gasteiger partial charge in [-0.2, -0.15) is 0 Å². The van der Waals surface area contributed by atoms with Crippen LogP contribution in [-0.4, -0.2) is 9.97 Å². The highest BCUT2D eigenvalue weighted by Crippen LogP contribution is 2.27. The van der Waals surface area contributed by atoms with Crippen LogP contribution in [0.1, 0.15) is 22.3 Å². The maximum Gasteiger partial charge on any atom is 0.0929 e. The van der Waals surface area contributed by atoms with Crippen molar-refractivity contribution < 1.29 is 0 Å². The van der Waals surface area contributed by atoms with Crippen LogP contribution < -0.4 is 0 Å². The Hall–Kier alpha value is -1.96. The first-order chi connectivity index (χ1) is 8.59. The fraction of sp³-hybridized carbons (Fsp3) is 0.250. The number of para-hydroxylation sites is 2. The van der Waals surface area contributed by atoms with Gasteiger partial charge in [-0.15, -0.1) is 0 Å². The summed E-state index contributed by atoms with van der Waals surface area (Å²) in [6, 6.07) is 8.05. The lowest BCUT2D eigenvalue weighted by atomic mass is 9.97. The number of hydrogen-bond acceptors (Lipinski definition) is 2. The van der Waals surface area contributed by atoms with E-state index in [1.54, 1.807) is 0 Å². The molecule has 1 aromatic heterocycles. The SMILES string of the molecule is Cc1c(C)c(C)c2nc3ccccc3nc2c1C. The molecule has 18 heavy (non-hydrogen) atoms. The first-order valence-electron chi connectivity index (χ1n) is 6.22. The van der Waals surface area contributed by atoms with Crippen molar-refractivity contribution in [2.45, 2.75) is 27.7 Å². The summed E-state index contributed by atoms with van der Waals surface area (Å²) in [6.07, 6.45) is 0. The predicted octanol–water partition coefficient (Wildman–Crippen LogP) is 4.02. The monoisotopic (exact) mass is 236 g/mol. The molecule has 3 rings (SSSR count). The highest BCUT2D eigenvalue weighted by atomic mass is 14.8. The number of fused-ring (bicyclic) bond motifs is 2. The molecule has 0 saturated heterocycles. The van der Waals surface area contributed by atoms with E-state index in [9.17, 15) is 0 Å². The summed E-state index contributed by atoms with van der Waals surface area (Å²) < 4.78 is 0. The van der Waals surface area contributed by atoms with E-state index in [1.807, 2.05) is 24.3 Å². The number of benzene rings is 2. The zero-order chi connectivity index (χ0) is 12.9. The molecule has 0 aliphatic heterocycles. The van der Waals surface area contributed by atoms with Gasteiger partial charge in [0.1, 0.15) is 0 Å². The van der Waals surface area contributed by atoms with Crippen molar-refractivity contribution in [2.24, 2.45) is 0 Å². The number of aromatic nitrogens is 2. The molecule has 0 fully saturated rings. The van der Waals surface area contributed by atoms with Gasteiger partial charge in [-0.1, -0.05) is 12.1 Å². The molecule has 0 radical (unpaired) electrons. The number of aryl methyl sites for hydroxylation is 2. The molecule has 0 aliphatic rings. The van der Waals surface area contributed by atoms with E-state index < -0.39 is 0 Å². The van der Waals surface area contributed by atoms with Gasteiger partial charge in [0.2, 0.25) is 0 Å². The molecule has 0 spiro atoms. The highest BCUT2D eigenvalue weighted by molar-refractivity contribution is 5.91. The van der Waals surface area contributed by atoms with Crippen molar-refractivity contribution in [3.63, 3.8) is 0 Å². The minimum atomic E-state index is 0.968. The van der Waals surface area contributed by atoms with Crippen molar-refractivity contribution in [3.8, 4) is 0 Å². The average molecular weight is 236 g/mol. The van der Waals surface area contributed by atoms with Gasteiger partial charge in [0, 0.05) is 0 Å². The van der Waals surface area contributed by atoms with Crippen LogP contribution in [-0.2, 0) is 0 Å². The normalized spacial score (nSPS) is 11.3. The van der Waals surface area contributed by atoms with Gasteiger partial charge in [-0.05, 0) is 62.1 Å². The van der Waals surface area contributed by atoms with E-state index in [-0.39, 0.29) is 0 Å². The molecule has 0 N–H and O–H groups in total. The second kappa shape index (κ2) is 3.77. The Morgan fingerprint density at radius 2 is 1.00 bits per heavy atom. The molecule has 0 bridgehead atoms. The lowest BCUT2D eigenvalue weighted by Crippen LogP contribution is -1.98. The molecule has 1 heterocycles. The second-order valence-electron chi connectivity index (χ2n) is 4.91. The van der Waals surface area contributed by atoms with Crippen molar-refractivity contribution in [2.75, 3.05) is 0 Å². The van der Waals surface area contributed by atoms with Crippen LogP contribution >= 0.6 is 0 Å². The Kier molecular flexibility index (Phi) is 2.34. The van der Waals surface area contributed by atoms with Gasteiger partial charge < -0.3 is 0 Å². The molecule has 0 amide bonds. The average Bonchev–Trinajstić information content (AvgIpc) is 2.41. The smallest absolute Gasteiger partial charge is 0.0929 e. The quantitative estimate of drug-likeness (QED) is 0.551. The van der Waals surface area contributed by atoms with Crippen LogP contribution in [0.4, 0.5) is 0 Å². The summed E-state index contributed by atoms with van der Waals surface area (Å²) in [5, 5.41) is 0. The topological polar surface area (TPSA) is 25.8 Å². The zero-order valence-corrected chi connectivity index (χ0v) is 11.2. The molecule has 2 nitrogen and oxygen atoms in total. The molecule has 0 saturated carbocycles. The Labute approximate surface area is 107 Å². The zero-order valence-electron chi connectivity index (χ0n) is 11.2. The maximum atomic E-state index is 4.78. The van der Waals surface area contributed by atoms with E-state index in [4.69, 9.17) is 9.97 Å². The lowest BCUT2D eigenvalue weighted by molar-refractivity contribution is 1.21. The van der Waals surface area contributed by atoms with Gasteiger partial charge in [-0.3, -0.25) is 0 Å². The molecular weight excluding hydrogens is 220 g/mol. The Morgan fingerprint density at radius 1 is 0.611 bits per heavy atom. The summed E-state index contributed by atoms with van der Waals surface area (Å²) in [5.74, 6) is 0. The minimum Gasteiger partial charge on any atom is -0.244 e. The third kappa shape index (κ3) is 1.42. The van der Waals surface area contributed by atoms with Crippen LogP contribution in [0.5, 0.6) is 0 Å². The summed E-state index contributed by atoms with van der Waals surface area (Å²) in [5.41, 5.74) is 9.14. The van der Waals surface area contributed by atoms with E-state index in [0.717, 1.165) is 22.1 Å². The Morgan fingerprint density at radius 3 is 1.39 bits per heavy atom. The molecule has 3 aromatic rings. The van der Waals surface area contributed by atoms with Crippen molar-refractivity contribution in [1.82, 2.24) is 9.97 Å². The number of hydrogen-bond donors (Lipinski definition) is 0. The van der Waals surface area contributed by atoms with Crippen LogP contribution in [0.15, 0.2) is 24.3 Å². The molecule has 2 heteroatoms. The van der Waals surface area contributed by atoms with Gasteiger partial charge in [-0.25, -0.2) is 9.97 Å². The van der Waals surface area contributed by atoms with Gasteiger partial charge >= 0.3 is 0 Å². The van der Waals surface area contributed by atoms with Gasteiger partial charge in [0.15, 0.2) is 0 Å².